The van der Waals surface area contributed by atoms with Gasteiger partial charge < -0.3 is 14.4 Å². The zero-order valence-corrected chi connectivity index (χ0v) is 12.3. The Bertz CT molecular complexity index is 792. The fourth-order valence-electron chi connectivity index (χ4n) is 1.69. The summed E-state index contributed by atoms with van der Waals surface area (Å²) in [5.74, 6) is -0.161. The minimum atomic E-state index is -0.615. The van der Waals surface area contributed by atoms with E-state index in [1.807, 2.05) is 0 Å². The first-order valence-corrected chi connectivity index (χ1v) is 6.86. The molecule has 2 rings (SSSR count). The molecule has 22 heavy (non-hydrogen) atoms. The quantitative estimate of drug-likeness (QED) is 0.619. The van der Waals surface area contributed by atoms with Crippen molar-refractivity contribution in [3.63, 3.8) is 0 Å². The maximum Gasteiger partial charge on any atom is 0.359 e. The summed E-state index contributed by atoms with van der Waals surface area (Å²) in [7, 11) is 0. The van der Waals surface area contributed by atoms with E-state index in [1.54, 1.807) is 6.92 Å². The van der Waals surface area contributed by atoms with Gasteiger partial charge in [0.25, 0.3) is 5.56 Å². The van der Waals surface area contributed by atoms with Gasteiger partial charge in [-0.1, -0.05) is 0 Å². The molecule has 0 aliphatic carbocycles. The lowest BCUT2D eigenvalue weighted by Gasteiger charge is -2.12. The van der Waals surface area contributed by atoms with Crippen LogP contribution in [0.2, 0.25) is 0 Å². The van der Waals surface area contributed by atoms with Crippen molar-refractivity contribution in [2.24, 2.45) is 10.2 Å². The summed E-state index contributed by atoms with van der Waals surface area (Å²) in [6, 6.07) is 2.26. The summed E-state index contributed by atoms with van der Waals surface area (Å²) in [5, 5.41) is 19.9. The minimum Gasteiger partial charge on any atom is -0.493 e. The summed E-state index contributed by atoms with van der Waals surface area (Å²) < 4.78 is 10.8. The first-order valence-electron chi connectivity index (χ1n) is 6.32. The largest absolute Gasteiger partial charge is 0.493 e. The van der Waals surface area contributed by atoms with Crippen molar-refractivity contribution in [2.75, 3.05) is 12.5 Å². The molecule has 0 saturated heterocycles. The Labute approximate surface area is 128 Å². The Morgan fingerprint density at radius 2 is 2.18 bits per heavy atom. The third-order valence-electron chi connectivity index (χ3n) is 2.60. The number of H-pyrrole nitrogens is 1. The van der Waals surface area contributed by atoms with Gasteiger partial charge in [0.2, 0.25) is 5.88 Å². The third kappa shape index (κ3) is 3.37. The number of ether oxygens (including phenoxy) is 1. The standard InChI is InChI=1S/C12H13ClN4O5/c1-2-21-7-5-9(18)17(4-3-13)12(20)11(7)15-14-8-6-10(19)22-16-8/h5-6,16,20H,2-4H2,1H3. The SMILES string of the molecule is CCOc1cc(=O)n(CCCl)c(O)c1N=Nc1cc(=O)o[nH]1. The summed E-state index contributed by atoms with van der Waals surface area (Å²) in [4.78, 5) is 22.8. The van der Waals surface area contributed by atoms with Gasteiger partial charge in [-0.2, -0.15) is 5.16 Å². The molecule has 2 aromatic rings. The van der Waals surface area contributed by atoms with E-state index in [1.165, 1.54) is 6.07 Å². The van der Waals surface area contributed by atoms with Crippen LogP contribution in [0.1, 0.15) is 6.92 Å². The molecule has 0 saturated carbocycles. The van der Waals surface area contributed by atoms with E-state index >= 15 is 0 Å². The fraction of sp³-hybridized carbons (Fsp3) is 0.333. The molecule has 0 aliphatic heterocycles. The zero-order valence-electron chi connectivity index (χ0n) is 11.6. The number of alkyl halides is 1. The lowest BCUT2D eigenvalue weighted by molar-refractivity contribution is 0.333. The van der Waals surface area contributed by atoms with E-state index < -0.39 is 17.1 Å². The number of aromatic amines is 1. The molecule has 2 heterocycles. The molecule has 0 bridgehead atoms. The van der Waals surface area contributed by atoms with E-state index in [9.17, 15) is 14.7 Å². The van der Waals surface area contributed by atoms with Gasteiger partial charge in [-0.25, -0.2) is 4.79 Å². The molecule has 0 fully saturated rings. The third-order valence-corrected chi connectivity index (χ3v) is 2.77. The van der Waals surface area contributed by atoms with Crippen LogP contribution in [0.3, 0.4) is 0 Å². The maximum atomic E-state index is 11.9. The van der Waals surface area contributed by atoms with Gasteiger partial charge in [0.1, 0.15) is 0 Å². The normalized spacial score (nSPS) is 11.2. The van der Waals surface area contributed by atoms with Crippen LogP contribution < -0.4 is 15.9 Å². The van der Waals surface area contributed by atoms with Gasteiger partial charge in [-0.15, -0.1) is 21.8 Å². The molecular weight excluding hydrogens is 316 g/mol. The number of hydrogen-bond acceptors (Lipinski definition) is 7. The molecule has 118 valence electrons. The molecule has 10 heteroatoms. The smallest absolute Gasteiger partial charge is 0.359 e. The molecule has 9 nitrogen and oxygen atoms in total. The summed E-state index contributed by atoms with van der Waals surface area (Å²) in [6.45, 7) is 2.09. The van der Waals surface area contributed by atoms with Crippen LogP contribution in [0.15, 0.2) is 36.5 Å². The predicted molar refractivity (Wildman–Crippen MR) is 77.8 cm³/mol. The van der Waals surface area contributed by atoms with Gasteiger partial charge in [0.05, 0.1) is 12.7 Å². The molecule has 0 atom stereocenters. The second kappa shape index (κ2) is 6.94. The second-order valence-corrected chi connectivity index (χ2v) is 4.42. The molecule has 0 aliphatic rings. The number of hydrogen-bond donors (Lipinski definition) is 2. The van der Waals surface area contributed by atoms with E-state index in [0.29, 0.717) is 0 Å². The van der Waals surface area contributed by atoms with Crippen LogP contribution in [-0.4, -0.2) is 27.3 Å². The summed E-state index contributed by atoms with van der Waals surface area (Å²) >= 11 is 5.60. The van der Waals surface area contributed by atoms with Crippen molar-refractivity contribution < 1.29 is 14.4 Å². The van der Waals surface area contributed by atoms with Gasteiger partial charge in [0, 0.05) is 18.5 Å². The van der Waals surface area contributed by atoms with Crippen LogP contribution in [-0.2, 0) is 6.54 Å². The van der Waals surface area contributed by atoms with E-state index in [0.717, 1.165) is 10.6 Å². The molecule has 0 unspecified atom stereocenters. The molecular formula is C12H13ClN4O5. The van der Waals surface area contributed by atoms with Crippen molar-refractivity contribution in [2.45, 2.75) is 13.5 Å². The highest BCUT2D eigenvalue weighted by Crippen LogP contribution is 2.36. The Balaban J connectivity index is 2.50. The van der Waals surface area contributed by atoms with Gasteiger partial charge in [0.15, 0.2) is 17.3 Å². The Morgan fingerprint density at radius 3 is 2.77 bits per heavy atom. The molecule has 0 radical (unpaired) electrons. The number of nitrogens with one attached hydrogen (secondary N) is 1. The summed E-state index contributed by atoms with van der Waals surface area (Å²) in [6.07, 6.45) is 0. The van der Waals surface area contributed by atoms with Crippen LogP contribution in [0.4, 0.5) is 11.5 Å². The van der Waals surface area contributed by atoms with Gasteiger partial charge in [-0.3, -0.25) is 9.36 Å². The number of rotatable bonds is 6. The monoisotopic (exact) mass is 328 g/mol. The average Bonchev–Trinajstić information content (AvgIpc) is 2.89. The summed E-state index contributed by atoms with van der Waals surface area (Å²) in [5.41, 5.74) is -1.14. The highest BCUT2D eigenvalue weighted by atomic mass is 35.5. The molecule has 2 N–H and O–H groups in total. The van der Waals surface area contributed by atoms with Crippen molar-refractivity contribution in [1.82, 2.24) is 9.72 Å². The van der Waals surface area contributed by atoms with Crippen LogP contribution in [0.25, 0.3) is 0 Å². The van der Waals surface area contributed by atoms with E-state index in [4.69, 9.17) is 16.3 Å². The average molecular weight is 329 g/mol. The van der Waals surface area contributed by atoms with E-state index in [2.05, 4.69) is 19.9 Å². The first kappa shape index (κ1) is 15.8. The first-order chi connectivity index (χ1) is 10.6. The second-order valence-electron chi connectivity index (χ2n) is 4.05. The number of azo groups is 1. The Kier molecular flexibility index (Phi) is 4.99. The number of aromatic hydroxyl groups is 1. The Hall–Kier alpha value is -2.55. The number of halogens is 1. The number of nitrogens with zero attached hydrogens (tertiary/aromatic N) is 3. The molecule has 0 amide bonds. The lowest BCUT2D eigenvalue weighted by Crippen LogP contribution is -2.20. The maximum absolute atomic E-state index is 11.9. The molecule has 0 aromatic carbocycles. The Morgan fingerprint density at radius 1 is 1.41 bits per heavy atom. The topological polar surface area (TPSA) is 122 Å². The molecule has 2 aromatic heterocycles. The zero-order chi connectivity index (χ0) is 16.1. The van der Waals surface area contributed by atoms with Crippen LogP contribution in [0, 0.1) is 0 Å². The fourth-order valence-corrected chi connectivity index (χ4v) is 1.86. The predicted octanol–water partition coefficient (Wildman–Crippen LogP) is 1.89. The van der Waals surface area contributed by atoms with Crippen molar-refractivity contribution in [1.29, 1.82) is 0 Å². The lowest BCUT2D eigenvalue weighted by atomic mass is 10.3. The highest BCUT2D eigenvalue weighted by molar-refractivity contribution is 6.17. The molecule has 0 spiro atoms. The number of pyridine rings is 1. The van der Waals surface area contributed by atoms with Crippen molar-refractivity contribution in [3.05, 3.63) is 32.9 Å². The van der Waals surface area contributed by atoms with Crippen LogP contribution >= 0.6 is 11.6 Å². The minimum absolute atomic E-state index is 0.0476. The van der Waals surface area contributed by atoms with Crippen molar-refractivity contribution >= 4 is 23.1 Å². The van der Waals surface area contributed by atoms with Gasteiger partial charge >= 0.3 is 5.63 Å². The van der Waals surface area contributed by atoms with Crippen LogP contribution in [0.5, 0.6) is 11.6 Å². The number of aromatic nitrogens is 2. The van der Waals surface area contributed by atoms with Crippen molar-refractivity contribution in [3.8, 4) is 11.6 Å². The van der Waals surface area contributed by atoms with Gasteiger partial charge in [-0.05, 0) is 6.92 Å². The van der Waals surface area contributed by atoms with E-state index in [-0.39, 0.29) is 36.3 Å². The highest BCUT2D eigenvalue weighted by Gasteiger charge is 2.16.